The Morgan fingerprint density at radius 1 is 1.23 bits per heavy atom. The molecule has 13 heavy (non-hydrogen) atoms. The molecule has 0 aromatic rings. The summed E-state index contributed by atoms with van der Waals surface area (Å²) in [6.45, 7) is 5.44. The van der Waals surface area contributed by atoms with Crippen LogP contribution in [-0.4, -0.2) is 35.8 Å². The number of hydrogen-bond acceptors (Lipinski definition) is 3. The zero-order chi connectivity index (χ0) is 9.26. The quantitative estimate of drug-likeness (QED) is 0.734. The molecule has 0 aromatic carbocycles. The third kappa shape index (κ3) is 2.20. The molecule has 4 unspecified atom stereocenters. The average molecular weight is 201 g/mol. The van der Waals surface area contributed by atoms with E-state index in [1.807, 2.05) is 0 Å². The van der Waals surface area contributed by atoms with Gasteiger partial charge in [-0.2, -0.15) is 11.8 Å². The van der Waals surface area contributed by atoms with Crippen molar-refractivity contribution in [3.63, 3.8) is 0 Å². The van der Waals surface area contributed by atoms with Crippen molar-refractivity contribution in [2.75, 3.05) is 12.4 Å². The summed E-state index contributed by atoms with van der Waals surface area (Å²) in [5.41, 5.74) is 0. The van der Waals surface area contributed by atoms with Gasteiger partial charge in [0.15, 0.2) is 0 Å². The van der Waals surface area contributed by atoms with Crippen molar-refractivity contribution in [3.05, 3.63) is 0 Å². The molecule has 0 saturated carbocycles. The fraction of sp³-hybridized carbons (Fsp3) is 1.00. The van der Waals surface area contributed by atoms with Crippen molar-refractivity contribution in [1.82, 2.24) is 5.32 Å². The lowest BCUT2D eigenvalue weighted by atomic mass is 10.1. The maximum Gasteiger partial charge on any atom is 0.0700 e. The van der Waals surface area contributed by atoms with Gasteiger partial charge in [0.25, 0.3) is 0 Å². The van der Waals surface area contributed by atoms with Crippen molar-refractivity contribution >= 4 is 11.8 Å². The highest BCUT2D eigenvalue weighted by Gasteiger charge is 2.30. The maximum atomic E-state index is 5.54. The van der Waals surface area contributed by atoms with Crippen molar-refractivity contribution in [1.29, 1.82) is 0 Å². The molecular weight excluding hydrogens is 182 g/mol. The van der Waals surface area contributed by atoms with Gasteiger partial charge in [0.1, 0.15) is 0 Å². The summed E-state index contributed by atoms with van der Waals surface area (Å²) in [5, 5.41) is 4.52. The van der Waals surface area contributed by atoms with Crippen LogP contribution in [-0.2, 0) is 4.74 Å². The molecule has 2 aliphatic rings. The number of ether oxygens (including phenoxy) is 1. The standard InChI is InChI=1S/C10H19NOS/c1-7-9(3-5-12-7)11-10-4-6-13-8(10)2/h7-11H,3-6H2,1-2H3. The Hall–Kier alpha value is 0.270. The molecule has 2 aliphatic heterocycles. The Morgan fingerprint density at radius 2 is 2.08 bits per heavy atom. The van der Waals surface area contributed by atoms with Gasteiger partial charge in [-0.15, -0.1) is 0 Å². The average Bonchev–Trinajstić information content (AvgIpc) is 2.65. The molecule has 0 amide bonds. The Labute approximate surface area is 84.8 Å². The highest BCUT2D eigenvalue weighted by molar-refractivity contribution is 8.00. The van der Waals surface area contributed by atoms with Crippen LogP contribution in [0.1, 0.15) is 26.7 Å². The van der Waals surface area contributed by atoms with E-state index in [9.17, 15) is 0 Å². The monoisotopic (exact) mass is 201 g/mol. The van der Waals surface area contributed by atoms with Gasteiger partial charge in [0, 0.05) is 23.9 Å². The number of nitrogens with one attached hydrogen (secondary N) is 1. The van der Waals surface area contributed by atoms with Gasteiger partial charge in [-0.1, -0.05) is 6.92 Å². The van der Waals surface area contributed by atoms with Crippen LogP contribution in [0.4, 0.5) is 0 Å². The lowest BCUT2D eigenvalue weighted by Gasteiger charge is -2.23. The van der Waals surface area contributed by atoms with Gasteiger partial charge >= 0.3 is 0 Å². The van der Waals surface area contributed by atoms with Crippen LogP contribution in [0.5, 0.6) is 0 Å². The minimum Gasteiger partial charge on any atom is -0.377 e. The third-order valence-electron chi connectivity index (χ3n) is 3.18. The van der Waals surface area contributed by atoms with Crippen molar-refractivity contribution in [2.24, 2.45) is 0 Å². The second kappa shape index (κ2) is 4.20. The summed E-state index contributed by atoms with van der Waals surface area (Å²) in [4.78, 5) is 0. The van der Waals surface area contributed by atoms with Crippen LogP contribution < -0.4 is 5.32 Å². The molecule has 0 radical (unpaired) electrons. The SMILES string of the molecule is CC1OCCC1NC1CCSC1C. The molecule has 4 atom stereocenters. The topological polar surface area (TPSA) is 21.3 Å². The Balaban J connectivity index is 1.82. The molecule has 76 valence electrons. The zero-order valence-electron chi connectivity index (χ0n) is 8.45. The predicted octanol–water partition coefficient (Wildman–Crippen LogP) is 1.65. The molecule has 1 N–H and O–H groups in total. The van der Waals surface area contributed by atoms with Gasteiger partial charge in [0.05, 0.1) is 6.10 Å². The van der Waals surface area contributed by atoms with E-state index in [1.54, 1.807) is 0 Å². The number of rotatable bonds is 2. The van der Waals surface area contributed by atoms with Crippen LogP contribution in [0.15, 0.2) is 0 Å². The Morgan fingerprint density at radius 3 is 2.62 bits per heavy atom. The van der Waals surface area contributed by atoms with Gasteiger partial charge in [-0.3, -0.25) is 0 Å². The van der Waals surface area contributed by atoms with E-state index < -0.39 is 0 Å². The molecule has 0 spiro atoms. The normalized spacial score (nSPS) is 45.7. The fourth-order valence-corrected chi connectivity index (χ4v) is 3.38. The van der Waals surface area contributed by atoms with E-state index in [2.05, 4.69) is 30.9 Å². The van der Waals surface area contributed by atoms with Gasteiger partial charge in [-0.25, -0.2) is 0 Å². The summed E-state index contributed by atoms with van der Waals surface area (Å²) >= 11 is 2.09. The molecule has 3 heteroatoms. The van der Waals surface area contributed by atoms with E-state index in [1.165, 1.54) is 18.6 Å². The Bertz CT molecular complexity index is 158. The lowest BCUT2D eigenvalue weighted by Crippen LogP contribution is -2.44. The molecule has 2 fully saturated rings. The van der Waals surface area contributed by atoms with Crippen LogP contribution in [0.2, 0.25) is 0 Å². The van der Waals surface area contributed by atoms with E-state index in [-0.39, 0.29) is 0 Å². The summed E-state index contributed by atoms with van der Waals surface area (Å²) < 4.78 is 5.54. The van der Waals surface area contributed by atoms with Gasteiger partial charge < -0.3 is 10.1 Å². The largest absolute Gasteiger partial charge is 0.377 e. The maximum absolute atomic E-state index is 5.54. The van der Waals surface area contributed by atoms with Crippen molar-refractivity contribution in [2.45, 2.75) is 50.1 Å². The molecule has 0 aromatic heterocycles. The third-order valence-corrected chi connectivity index (χ3v) is 4.51. The summed E-state index contributed by atoms with van der Waals surface area (Å²) in [5.74, 6) is 1.32. The van der Waals surface area contributed by atoms with E-state index in [0.29, 0.717) is 12.1 Å². The highest BCUT2D eigenvalue weighted by Crippen LogP contribution is 2.27. The molecule has 2 heterocycles. The van der Waals surface area contributed by atoms with Crippen LogP contribution >= 0.6 is 11.8 Å². The molecule has 2 nitrogen and oxygen atoms in total. The van der Waals surface area contributed by atoms with E-state index in [4.69, 9.17) is 4.74 Å². The zero-order valence-corrected chi connectivity index (χ0v) is 9.27. The molecule has 0 bridgehead atoms. The minimum absolute atomic E-state index is 0.415. The second-order valence-corrected chi connectivity index (χ2v) is 5.59. The summed E-state index contributed by atoms with van der Waals surface area (Å²) in [7, 11) is 0. The smallest absolute Gasteiger partial charge is 0.0700 e. The molecule has 2 saturated heterocycles. The van der Waals surface area contributed by atoms with Crippen LogP contribution in [0, 0.1) is 0 Å². The predicted molar refractivity (Wildman–Crippen MR) is 57.3 cm³/mol. The Kier molecular flexibility index (Phi) is 3.17. The minimum atomic E-state index is 0.415. The van der Waals surface area contributed by atoms with Crippen molar-refractivity contribution in [3.8, 4) is 0 Å². The highest BCUT2D eigenvalue weighted by atomic mass is 32.2. The second-order valence-electron chi connectivity index (χ2n) is 4.11. The van der Waals surface area contributed by atoms with Gasteiger partial charge in [0.2, 0.25) is 0 Å². The van der Waals surface area contributed by atoms with E-state index >= 15 is 0 Å². The van der Waals surface area contributed by atoms with Crippen molar-refractivity contribution < 1.29 is 4.74 Å². The summed E-state index contributed by atoms with van der Waals surface area (Å²) in [6, 6.07) is 1.32. The van der Waals surface area contributed by atoms with Gasteiger partial charge in [-0.05, 0) is 25.5 Å². The molecule has 2 rings (SSSR count). The first-order valence-electron chi connectivity index (χ1n) is 5.26. The van der Waals surface area contributed by atoms with Crippen LogP contribution in [0.25, 0.3) is 0 Å². The first-order chi connectivity index (χ1) is 6.27. The number of thioether (sulfide) groups is 1. The summed E-state index contributed by atoms with van der Waals surface area (Å²) in [6.07, 6.45) is 2.93. The first kappa shape index (κ1) is 9.81. The fourth-order valence-electron chi connectivity index (χ4n) is 2.18. The molecular formula is C10H19NOS. The first-order valence-corrected chi connectivity index (χ1v) is 6.31. The molecule has 0 aliphatic carbocycles. The van der Waals surface area contributed by atoms with Crippen LogP contribution in [0.3, 0.4) is 0 Å². The number of hydrogen-bond donors (Lipinski definition) is 1. The van der Waals surface area contributed by atoms with E-state index in [0.717, 1.165) is 17.9 Å². The lowest BCUT2D eigenvalue weighted by molar-refractivity contribution is 0.111.